The Hall–Kier alpha value is -2.52. The smallest absolute Gasteiger partial charge is 0.262 e. The molecule has 0 radical (unpaired) electrons. The number of carbonyl (C=O) groups is 1. The molecule has 0 aliphatic rings. The number of H-pyrrole nitrogens is 1. The zero-order valence-corrected chi connectivity index (χ0v) is 19.0. The lowest BCUT2D eigenvalue weighted by Crippen LogP contribution is -2.23. The van der Waals surface area contributed by atoms with E-state index in [4.69, 9.17) is 34.8 Å². The molecule has 2 aromatic heterocycles. The van der Waals surface area contributed by atoms with Gasteiger partial charge in [-0.1, -0.05) is 64.8 Å². The molecule has 0 saturated heterocycles. The summed E-state index contributed by atoms with van der Waals surface area (Å²) in [6, 6.07) is 12.3. The number of nitrogens with zero attached hydrogens (tertiary/aromatic N) is 3. The van der Waals surface area contributed by atoms with Gasteiger partial charge in [-0.2, -0.15) is 5.10 Å². The second-order valence-electron chi connectivity index (χ2n) is 6.49. The molecule has 0 aliphatic heterocycles. The number of benzene rings is 2. The van der Waals surface area contributed by atoms with E-state index in [1.54, 1.807) is 11.6 Å². The molecule has 158 valence electrons. The molecule has 1 amide bonds. The van der Waals surface area contributed by atoms with Crippen molar-refractivity contribution in [3.8, 4) is 5.69 Å². The van der Waals surface area contributed by atoms with Gasteiger partial charge >= 0.3 is 0 Å². The summed E-state index contributed by atoms with van der Waals surface area (Å²) in [7, 11) is 0. The van der Waals surface area contributed by atoms with E-state index in [9.17, 15) is 9.59 Å². The van der Waals surface area contributed by atoms with Gasteiger partial charge < -0.3 is 10.3 Å². The van der Waals surface area contributed by atoms with Crippen molar-refractivity contribution >= 4 is 69.2 Å². The molecule has 31 heavy (non-hydrogen) atoms. The Morgan fingerprint density at radius 3 is 2.52 bits per heavy atom. The van der Waals surface area contributed by atoms with Gasteiger partial charge in [0.1, 0.15) is 5.39 Å². The van der Waals surface area contributed by atoms with E-state index in [1.807, 2.05) is 30.3 Å². The minimum absolute atomic E-state index is 0.225. The van der Waals surface area contributed by atoms with Crippen LogP contribution >= 0.6 is 46.6 Å². The first-order chi connectivity index (χ1) is 14.8. The summed E-state index contributed by atoms with van der Waals surface area (Å²) in [5, 5.41) is 7.79. The molecule has 1 unspecified atom stereocenters. The third kappa shape index (κ3) is 4.57. The number of aromatic amines is 1. The Balaban J connectivity index is 1.60. The van der Waals surface area contributed by atoms with Crippen molar-refractivity contribution in [2.75, 3.05) is 5.32 Å². The van der Waals surface area contributed by atoms with Crippen LogP contribution in [0, 0.1) is 0 Å². The summed E-state index contributed by atoms with van der Waals surface area (Å²) in [4.78, 5) is 32.4. The highest BCUT2D eigenvalue weighted by molar-refractivity contribution is 8.00. The Morgan fingerprint density at radius 1 is 1.16 bits per heavy atom. The van der Waals surface area contributed by atoms with E-state index in [2.05, 4.69) is 20.4 Å². The zero-order chi connectivity index (χ0) is 22.1. The van der Waals surface area contributed by atoms with Gasteiger partial charge in [0.25, 0.3) is 5.56 Å². The molecule has 2 N–H and O–H groups in total. The second kappa shape index (κ2) is 8.92. The molecule has 11 heteroatoms. The fourth-order valence-corrected chi connectivity index (χ4v) is 4.52. The van der Waals surface area contributed by atoms with Crippen LogP contribution in [0.4, 0.5) is 5.69 Å². The molecule has 4 aromatic rings. The van der Waals surface area contributed by atoms with Crippen LogP contribution in [-0.4, -0.2) is 30.9 Å². The van der Waals surface area contributed by atoms with E-state index in [1.165, 1.54) is 18.3 Å². The van der Waals surface area contributed by atoms with Gasteiger partial charge in [0, 0.05) is 5.02 Å². The fourth-order valence-electron chi connectivity index (χ4n) is 2.82. The highest BCUT2D eigenvalue weighted by atomic mass is 35.5. The highest BCUT2D eigenvalue weighted by Crippen LogP contribution is 2.34. The summed E-state index contributed by atoms with van der Waals surface area (Å²) >= 11 is 19.3. The van der Waals surface area contributed by atoms with Crippen molar-refractivity contribution < 1.29 is 4.79 Å². The standard InChI is InChI=1S/C20H14Cl3N5O2S/c1-10(18(29)25-16-14(22)7-11(21)8-15(16)23)31-20-26-17-13(19(30)27-20)9-24-28(17)12-5-3-2-4-6-12/h2-10H,1H3,(H,25,29)(H,26,27,30). The summed E-state index contributed by atoms with van der Waals surface area (Å²) < 4.78 is 1.58. The molecule has 4 rings (SSSR count). The number of halogens is 3. The number of anilines is 1. The van der Waals surface area contributed by atoms with Crippen LogP contribution in [0.1, 0.15) is 6.92 Å². The molecule has 7 nitrogen and oxygen atoms in total. The molecular weight excluding hydrogens is 481 g/mol. The van der Waals surface area contributed by atoms with Crippen molar-refractivity contribution in [2.24, 2.45) is 0 Å². The molecule has 0 fully saturated rings. The third-order valence-electron chi connectivity index (χ3n) is 4.33. The van der Waals surface area contributed by atoms with Crippen molar-refractivity contribution in [3.63, 3.8) is 0 Å². The average molecular weight is 495 g/mol. The number of hydrogen-bond acceptors (Lipinski definition) is 5. The SMILES string of the molecule is CC(Sc1nc2c(cnn2-c2ccccc2)c(=O)[nH]1)C(=O)Nc1c(Cl)cc(Cl)cc1Cl. The first kappa shape index (κ1) is 21.7. The minimum Gasteiger partial charge on any atom is -0.323 e. The van der Waals surface area contributed by atoms with Crippen LogP contribution in [-0.2, 0) is 4.79 Å². The Labute approximate surface area is 195 Å². The summed E-state index contributed by atoms with van der Waals surface area (Å²) in [5.41, 5.74) is 1.09. The number of aromatic nitrogens is 4. The Morgan fingerprint density at radius 2 is 1.84 bits per heavy atom. The monoisotopic (exact) mass is 493 g/mol. The van der Waals surface area contributed by atoms with Crippen molar-refractivity contribution in [2.45, 2.75) is 17.3 Å². The number of hydrogen-bond donors (Lipinski definition) is 2. The lowest BCUT2D eigenvalue weighted by atomic mass is 10.3. The van der Waals surface area contributed by atoms with E-state index >= 15 is 0 Å². The molecule has 0 bridgehead atoms. The number of para-hydroxylation sites is 1. The van der Waals surface area contributed by atoms with Crippen LogP contribution in [0.2, 0.25) is 15.1 Å². The Kier molecular flexibility index (Phi) is 6.24. The van der Waals surface area contributed by atoms with Crippen LogP contribution < -0.4 is 10.9 Å². The third-order valence-corrected chi connectivity index (χ3v) is 6.13. The number of fused-ring (bicyclic) bond motifs is 1. The first-order valence-corrected chi connectivity index (χ1v) is 11.0. The van der Waals surface area contributed by atoms with Crippen LogP contribution in [0.15, 0.2) is 58.6 Å². The number of carbonyl (C=O) groups excluding carboxylic acids is 1. The number of amides is 1. The maximum Gasteiger partial charge on any atom is 0.262 e. The van der Waals surface area contributed by atoms with Gasteiger partial charge in [-0.05, 0) is 31.2 Å². The van der Waals surface area contributed by atoms with Gasteiger partial charge in [-0.25, -0.2) is 9.67 Å². The molecule has 0 spiro atoms. The van der Waals surface area contributed by atoms with Gasteiger partial charge in [0.15, 0.2) is 10.8 Å². The first-order valence-electron chi connectivity index (χ1n) is 8.99. The van der Waals surface area contributed by atoms with E-state index in [0.717, 1.165) is 17.4 Å². The van der Waals surface area contributed by atoms with Crippen LogP contribution in [0.25, 0.3) is 16.7 Å². The van der Waals surface area contributed by atoms with Crippen molar-refractivity contribution in [1.82, 2.24) is 19.7 Å². The van der Waals surface area contributed by atoms with E-state index < -0.39 is 5.25 Å². The van der Waals surface area contributed by atoms with E-state index in [0.29, 0.717) is 16.1 Å². The van der Waals surface area contributed by atoms with Crippen molar-refractivity contribution in [3.05, 3.63) is 74.1 Å². The summed E-state index contributed by atoms with van der Waals surface area (Å²) in [6.07, 6.45) is 1.46. The molecule has 0 saturated carbocycles. The normalized spacial score (nSPS) is 12.1. The molecule has 1 atom stereocenters. The molecule has 2 aromatic carbocycles. The highest BCUT2D eigenvalue weighted by Gasteiger charge is 2.20. The van der Waals surface area contributed by atoms with Gasteiger partial charge in [0.05, 0.1) is 32.9 Å². The lowest BCUT2D eigenvalue weighted by Gasteiger charge is -2.14. The second-order valence-corrected chi connectivity index (χ2v) is 9.07. The largest absolute Gasteiger partial charge is 0.323 e. The lowest BCUT2D eigenvalue weighted by molar-refractivity contribution is -0.115. The van der Waals surface area contributed by atoms with Crippen molar-refractivity contribution in [1.29, 1.82) is 0 Å². The average Bonchev–Trinajstić information content (AvgIpc) is 3.15. The van der Waals surface area contributed by atoms with Gasteiger partial charge in [-0.15, -0.1) is 0 Å². The predicted octanol–water partition coefficient (Wildman–Crippen LogP) is 5.19. The quantitative estimate of drug-likeness (QED) is 0.294. The summed E-state index contributed by atoms with van der Waals surface area (Å²) in [6.45, 7) is 1.68. The number of nitrogens with one attached hydrogen (secondary N) is 2. The maximum atomic E-state index is 12.7. The van der Waals surface area contributed by atoms with Crippen LogP contribution in [0.5, 0.6) is 0 Å². The minimum atomic E-state index is -0.614. The number of rotatable bonds is 5. The number of thioether (sulfide) groups is 1. The topological polar surface area (TPSA) is 92.7 Å². The molecular formula is C20H14Cl3N5O2S. The van der Waals surface area contributed by atoms with Crippen LogP contribution in [0.3, 0.4) is 0 Å². The fraction of sp³-hybridized carbons (Fsp3) is 0.100. The predicted molar refractivity (Wildman–Crippen MR) is 125 cm³/mol. The Bertz CT molecular complexity index is 1320. The maximum absolute atomic E-state index is 12.7. The zero-order valence-electron chi connectivity index (χ0n) is 15.9. The van der Waals surface area contributed by atoms with E-state index in [-0.39, 0.29) is 32.4 Å². The molecule has 0 aliphatic carbocycles. The molecule has 2 heterocycles. The van der Waals surface area contributed by atoms with Gasteiger partial charge in [-0.3, -0.25) is 9.59 Å². The van der Waals surface area contributed by atoms with Gasteiger partial charge in [0.2, 0.25) is 5.91 Å². The summed E-state index contributed by atoms with van der Waals surface area (Å²) in [5.74, 6) is -0.365.